The van der Waals surface area contributed by atoms with Gasteiger partial charge >= 0.3 is 17.7 Å². The molecule has 9 heteroatoms. The van der Waals surface area contributed by atoms with Crippen LogP contribution in [0.15, 0.2) is 42.6 Å². The number of nitrogens with one attached hydrogen (secondary N) is 1. The third-order valence-corrected chi connectivity index (χ3v) is 2.74. The molecule has 1 aromatic carbocycles. The fourth-order valence-electron chi connectivity index (χ4n) is 1.66. The molecule has 2 N–H and O–H groups in total. The number of carboxylic acids is 1. The SMILES string of the molecule is O=C(Nc1ncc(C(=O)O)cc1[N+](=O)[O-])OCc1ccccc1. The lowest BCUT2D eigenvalue weighted by atomic mass is 10.2. The highest BCUT2D eigenvalue weighted by Gasteiger charge is 2.21. The van der Waals surface area contributed by atoms with E-state index in [9.17, 15) is 19.7 Å². The first-order valence-corrected chi connectivity index (χ1v) is 6.33. The largest absolute Gasteiger partial charge is 0.478 e. The standard InChI is InChI=1S/C14H11N3O6/c18-13(19)10-6-11(17(21)22)12(15-7-10)16-14(20)23-8-9-4-2-1-3-5-9/h1-7H,8H2,(H,18,19)(H,15,16,20). The number of aromatic carboxylic acids is 1. The molecule has 1 heterocycles. The van der Waals surface area contributed by atoms with Crippen molar-refractivity contribution in [3.8, 4) is 0 Å². The molecule has 0 fully saturated rings. The molecule has 2 rings (SSSR count). The van der Waals surface area contributed by atoms with E-state index in [0.717, 1.165) is 17.8 Å². The quantitative estimate of drug-likeness (QED) is 0.639. The molecule has 23 heavy (non-hydrogen) atoms. The Morgan fingerprint density at radius 1 is 1.30 bits per heavy atom. The lowest BCUT2D eigenvalue weighted by Gasteiger charge is -2.07. The third-order valence-electron chi connectivity index (χ3n) is 2.74. The molecule has 0 unspecified atom stereocenters. The molecule has 0 radical (unpaired) electrons. The second-order valence-corrected chi connectivity index (χ2v) is 4.34. The van der Waals surface area contributed by atoms with Gasteiger partial charge in [-0.1, -0.05) is 30.3 Å². The third kappa shape index (κ3) is 4.24. The number of anilines is 1. The molecule has 0 aliphatic heterocycles. The summed E-state index contributed by atoms with van der Waals surface area (Å²) in [5.41, 5.74) is -0.257. The van der Waals surface area contributed by atoms with E-state index in [1.807, 2.05) is 0 Å². The van der Waals surface area contributed by atoms with Gasteiger partial charge in [0.15, 0.2) is 0 Å². The number of nitro groups is 1. The van der Waals surface area contributed by atoms with E-state index in [1.165, 1.54) is 0 Å². The monoisotopic (exact) mass is 317 g/mol. The Labute approximate surface area is 129 Å². The molecule has 0 saturated carbocycles. The van der Waals surface area contributed by atoms with E-state index in [4.69, 9.17) is 9.84 Å². The summed E-state index contributed by atoms with van der Waals surface area (Å²) in [5.74, 6) is -1.75. The van der Waals surface area contributed by atoms with Crippen molar-refractivity contribution in [3.63, 3.8) is 0 Å². The summed E-state index contributed by atoms with van der Waals surface area (Å²) in [6.45, 7) is -0.0202. The fourth-order valence-corrected chi connectivity index (χ4v) is 1.66. The number of carbonyl (C=O) groups excluding carboxylic acids is 1. The number of benzene rings is 1. The number of pyridine rings is 1. The van der Waals surface area contributed by atoms with Crippen LogP contribution >= 0.6 is 0 Å². The van der Waals surface area contributed by atoms with Crippen LogP contribution in [0.25, 0.3) is 0 Å². The zero-order valence-corrected chi connectivity index (χ0v) is 11.6. The summed E-state index contributed by atoms with van der Waals surface area (Å²) in [4.78, 5) is 36.1. The summed E-state index contributed by atoms with van der Waals surface area (Å²) in [6, 6.07) is 9.65. The van der Waals surface area contributed by atoms with Crippen LogP contribution in [0.3, 0.4) is 0 Å². The van der Waals surface area contributed by atoms with Crippen LogP contribution in [0.2, 0.25) is 0 Å². The van der Waals surface area contributed by atoms with E-state index >= 15 is 0 Å². The first-order chi connectivity index (χ1) is 11.0. The molecular formula is C14H11N3O6. The second-order valence-electron chi connectivity index (χ2n) is 4.34. The number of carboxylic acid groups (broad SMARTS) is 1. The van der Waals surface area contributed by atoms with Gasteiger partial charge in [-0.2, -0.15) is 0 Å². The zero-order chi connectivity index (χ0) is 16.8. The lowest BCUT2D eigenvalue weighted by Crippen LogP contribution is -2.16. The van der Waals surface area contributed by atoms with Crippen molar-refractivity contribution in [1.82, 2.24) is 4.98 Å². The van der Waals surface area contributed by atoms with Crippen molar-refractivity contribution in [1.29, 1.82) is 0 Å². The predicted molar refractivity (Wildman–Crippen MR) is 78.1 cm³/mol. The number of rotatable bonds is 5. The molecular weight excluding hydrogens is 306 g/mol. The minimum Gasteiger partial charge on any atom is -0.478 e. The molecule has 0 saturated heterocycles. The van der Waals surface area contributed by atoms with E-state index in [1.54, 1.807) is 30.3 Å². The van der Waals surface area contributed by atoms with Crippen LogP contribution in [0.4, 0.5) is 16.3 Å². The Balaban J connectivity index is 2.08. The maximum atomic E-state index is 11.7. The predicted octanol–water partition coefficient (Wildman–Crippen LogP) is 2.44. The maximum absolute atomic E-state index is 11.7. The minimum absolute atomic E-state index is 0.0202. The first-order valence-electron chi connectivity index (χ1n) is 6.33. The smallest absolute Gasteiger partial charge is 0.413 e. The Morgan fingerprint density at radius 2 is 2.00 bits per heavy atom. The van der Waals surface area contributed by atoms with E-state index in [0.29, 0.717) is 0 Å². The summed E-state index contributed by atoms with van der Waals surface area (Å²) < 4.78 is 4.92. The Morgan fingerprint density at radius 3 is 2.61 bits per heavy atom. The number of hydrogen-bond acceptors (Lipinski definition) is 6. The fraction of sp³-hybridized carbons (Fsp3) is 0.0714. The lowest BCUT2D eigenvalue weighted by molar-refractivity contribution is -0.384. The van der Waals surface area contributed by atoms with E-state index in [-0.39, 0.29) is 12.2 Å². The molecule has 0 atom stereocenters. The zero-order valence-electron chi connectivity index (χ0n) is 11.6. The van der Waals surface area contributed by atoms with Crippen LogP contribution in [-0.4, -0.2) is 27.1 Å². The van der Waals surface area contributed by atoms with Crippen LogP contribution in [-0.2, 0) is 11.3 Å². The highest BCUT2D eigenvalue weighted by Crippen LogP contribution is 2.23. The van der Waals surface area contributed by atoms with Gasteiger partial charge in [-0.25, -0.2) is 14.6 Å². The van der Waals surface area contributed by atoms with E-state index < -0.39 is 28.5 Å². The topological polar surface area (TPSA) is 132 Å². The van der Waals surface area contributed by atoms with Gasteiger partial charge in [0.1, 0.15) is 6.61 Å². The summed E-state index contributed by atoms with van der Waals surface area (Å²) in [5, 5.41) is 21.9. The number of ether oxygens (including phenoxy) is 1. The number of aromatic nitrogens is 1. The number of amides is 1. The maximum Gasteiger partial charge on any atom is 0.413 e. The normalized spacial score (nSPS) is 9.91. The highest BCUT2D eigenvalue weighted by atomic mass is 16.6. The Kier molecular flexibility index (Phi) is 4.82. The van der Waals surface area contributed by atoms with Gasteiger partial charge in [0.2, 0.25) is 5.82 Å². The molecule has 0 aliphatic carbocycles. The second kappa shape index (κ2) is 6.98. The first kappa shape index (κ1) is 15.9. The summed E-state index contributed by atoms with van der Waals surface area (Å²) in [6.07, 6.45) is -0.0326. The molecule has 1 amide bonds. The van der Waals surface area contributed by atoms with Crippen LogP contribution in [0, 0.1) is 10.1 Å². The van der Waals surface area contributed by atoms with Gasteiger partial charge in [0.25, 0.3) is 0 Å². The van der Waals surface area contributed by atoms with E-state index in [2.05, 4.69) is 10.3 Å². The molecule has 0 bridgehead atoms. The molecule has 9 nitrogen and oxygen atoms in total. The van der Waals surface area contributed by atoms with Gasteiger partial charge in [-0.05, 0) is 5.56 Å². The van der Waals surface area contributed by atoms with Crippen molar-refractivity contribution in [2.75, 3.05) is 5.32 Å². The highest BCUT2D eigenvalue weighted by molar-refractivity contribution is 5.91. The van der Waals surface area contributed by atoms with Crippen molar-refractivity contribution in [2.24, 2.45) is 0 Å². The molecule has 0 spiro atoms. The van der Waals surface area contributed by atoms with Gasteiger partial charge in [0, 0.05) is 12.3 Å². The number of nitrogens with zero attached hydrogens (tertiary/aromatic N) is 2. The number of hydrogen-bond donors (Lipinski definition) is 2. The number of carbonyl (C=O) groups is 2. The molecule has 0 aliphatic rings. The van der Waals surface area contributed by atoms with Crippen LogP contribution in [0.5, 0.6) is 0 Å². The minimum atomic E-state index is -1.36. The summed E-state index contributed by atoms with van der Waals surface area (Å²) in [7, 11) is 0. The molecule has 118 valence electrons. The van der Waals surface area contributed by atoms with Crippen molar-refractivity contribution < 1.29 is 24.4 Å². The van der Waals surface area contributed by atoms with Crippen molar-refractivity contribution in [3.05, 3.63) is 63.8 Å². The van der Waals surface area contributed by atoms with Gasteiger partial charge < -0.3 is 9.84 Å². The Hall–Kier alpha value is -3.49. The van der Waals surface area contributed by atoms with Gasteiger partial charge in [-0.15, -0.1) is 0 Å². The average Bonchev–Trinajstić information content (AvgIpc) is 2.54. The summed E-state index contributed by atoms with van der Waals surface area (Å²) >= 11 is 0. The van der Waals surface area contributed by atoms with Crippen molar-refractivity contribution >= 4 is 23.6 Å². The Bertz CT molecular complexity index is 747. The van der Waals surface area contributed by atoms with Crippen molar-refractivity contribution in [2.45, 2.75) is 6.61 Å². The molecule has 1 aromatic heterocycles. The molecule has 2 aromatic rings. The average molecular weight is 317 g/mol. The van der Waals surface area contributed by atoms with Gasteiger partial charge in [0.05, 0.1) is 10.5 Å². The van der Waals surface area contributed by atoms with Crippen LogP contribution in [0.1, 0.15) is 15.9 Å². The van der Waals surface area contributed by atoms with Gasteiger partial charge in [-0.3, -0.25) is 15.4 Å². The van der Waals surface area contributed by atoms with Crippen LogP contribution < -0.4 is 5.32 Å².